The van der Waals surface area contributed by atoms with Gasteiger partial charge in [-0.1, -0.05) is 72.8 Å². The number of ether oxygens (including phenoxy) is 1. The third kappa shape index (κ3) is 5.02. The van der Waals surface area contributed by atoms with Crippen molar-refractivity contribution < 1.29 is 23.6 Å². The molecule has 3 heteroatoms. The average molecular weight is 206 g/mol. The molecule has 1 saturated heterocycles. The Labute approximate surface area is 102 Å². The maximum Gasteiger partial charge on any atom is 1.00 e. The fourth-order valence-electron chi connectivity index (χ4n) is 1.73. The van der Waals surface area contributed by atoms with Crippen molar-refractivity contribution in [2.75, 3.05) is 0 Å². The van der Waals surface area contributed by atoms with E-state index in [1.807, 2.05) is 0 Å². The number of hydrogen-bond donors (Lipinski definition) is 0. The van der Waals surface area contributed by atoms with Crippen LogP contribution in [0.3, 0.4) is 0 Å². The fraction of sp³-hybridized carbons (Fsp3) is 0.909. The van der Waals surface area contributed by atoms with Gasteiger partial charge in [-0.2, -0.15) is 5.73 Å². The Hall–Kier alpha value is 0.774. The van der Waals surface area contributed by atoms with E-state index in [1.54, 1.807) is 0 Å². The van der Waals surface area contributed by atoms with E-state index in [9.17, 15) is 0 Å². The van der Waals surface area contributed by atoms with Gasteiger partial charge >= 0.3 is 18.9 Å². The molecule has 0 aromatic carbocycles. The molecule has 1 nitrogen and oxygen atoms in total. The van der Waals surface area contributed by atoms with Crippen LogP contribution in [0.2, 0.25) is 19.6 Å². The standard InChI is InChI=1S/C11H23OSi.Li/c1-5-6-7-8-9-10-11(12-10)13(2,3)4;/h10H,5-9H2,1-4H3;/q-1;+1/t10-;/m1./s1. The molecule has 0 aromatic rings. The number of epoxide rings is 1. The van der Waals surface area contributed by atoms with E-state index in [-0.39, 0.29) is 18.9 Å². The SMILES string of the molecule is CCCCCC[C@H]1O[C-]1[Si](C)(C)C.[Li+]. The second kappa shape index (κ2) is 6.38. The first-order valence-electron chi connectivity index (χ1n) is 5.59. The summed E-state index contributed by atoms with van der Waals surface area (Å²) in [6.45, 7) is 9.37. The average Bonchev–Trinajstić information content (AvgIpc) is 2.76. The maximum atomic E-state index is 5.64. The summed E-state index contributed by atoms with van der Waals surface area (Å²) in [7, 11) is -1.06. The second-order valence-corrected chi connectivity index (χ2v) is 10.1. The van der Waals surface area contributed by atoms with Crippen molar-refractivity contribution in [3.8, 4) is 0 Å². The van der Waals surface area contributed by atoms with Gasteiger partial charge in [0.25, 0.3) is 0 Å². The van der Waals surface area contributed by atoms with Crippen LogP contribution in [-0.2, 0) is 4.74 Å². The monoisotopic (exact) mass is 206 g/mol. The Morgan fingerprint density at radius 1 is 1.14 bits per heavy atom. The van der Waals surface area contributed by atoms with Crippen LogP contribution in [0.25, 0.3) is 0 Å². The van der Waals surface area contributed by atoms with Gasteiger partial charge in [0.05, 0.1) is 0 Å². The van der Waals surface area contributed by atoms with E-state index in [4.69, 9.17) is 4.74 Å². The van der Waals surface area contributed by atoms with Gasteiger partial charge in [-0.05, 0) is 0 Å². The summed E-state index contributed by atoms with van der Waals surface area (Å²) in [6.07, 6.45) is 7.29. The normalized spacial score (nSPS) is 21.9. The Balaban J connectivity index is 0.00000169. The van der Waals surface area contributed by atoms with Crippen molar-refractivity contribution in [2.24, 2.45) is 0 Å². The molecule has 1 fully saturated rings. The Morgan fingerprint density at radius 2 is 1.79 bits per heavy atom. The van der Waals surface area contributed by atoms with Gasteiger partial charge in [0.15, 0.2) is 0 Å². The molecule has 1 rings (SSSR count). The third-order valence-electron chi connectivity index (χ3n) is 2.56. The van der Waals surface area contributed by atoms with Crippen LogP contribution in [0.1, 0.15) is 39.0 Å². The second-order valence-electron chi connectivity index (χ2n) is 5.07. The summed E-state index contributed by atoms with van der Waals surface area (Å²) in [4.78, 5) is 0. The largest absolute Gasteiger partial charge is 1.00 e. The maximum absolute atomic E-state index is 5.64. The van der Waals surface area contributed by atoms with Crippen molar-refractivity contribution in [1.29, 1.82) is 0 Å². The van der Waals surface area contributed by atoms with Gasteiger partial charge in [-0.15, -0.1) is 0 Å². The molecule has 0 aromatic heterocycles. The molecule has 0 N–H and O–H groups in total. The molecule has 1 aliphatic heterocycles. The van der Waals surface area contributed by atoms with Gasteiger partial charge in [0.1, 0.15) is 0 Å². The number of hydrogen-bond acceptors (Lipinski definition) is 1. The molecule has 0 saturated carbocycles. The van der Waals surface area contributed by atoms with Crippen molar-refractivity contribution in [1.82, 2.24) is 0 Å². The van der Waals surface area contributed by atoms with E-state index in [1.165, 1.54) is 37.8 Å². The molecular formula is C11H23LiOSi. The van der Waals surface area contributed by atoms with E-state index in [0.29, 0.717) is 6.10 Å². The van der Waals surface area contributed by atoms with E-state index >= 15 is 0 Å². The number of unbranched alkanes of at least 4 members (excludes halogenated alkanes) is 3. The van der Waals surface area contributed by atoms with Crippen molar-refractivity contribution in [2.45, 2.75) is 64.8 Å². The molecule has 0 bridgehead atoms. The molecule has 0 aliphatic carbocycles. The molecule has 0 spiro atoms. The quantitative estimate of drug-likeness (QED) is 0.271. The molecule has 1 atom stereocenters. The molecule has 0 amide bonds. The van der Waals surface area contributed by atoms with Gasteiger partial charge < -0.3 is 4.74 Å². The Bertz CT molecular complexity index is 156. The predicted molar refractivity (Wildman–Crippen MR) is 60.2 cm³/mol. The Kier molecular flexibility index (Phi) is 6.73. The molecule has 1 aliphatic rings. The van der Waals surface area contributed by atoms with Crippen LogP contribution in [0.5, 0.6) is 0 Å². The van der Waals surface area contributed by atoms with E-state index in [2.05, 4.69) is 26.6 Å². The van der Waals surface area contributed by atoms with Crippen molar-refractivity contribution in [3.63, 3.8) is 0 Å². The van der Waals surface area contributed by atoms with Crippen molar-refractivity contribution >= 4 is 8.07 Å². The van der Waals surface area contributed by atoms with Crippen LogP contribution in [0.4, 0.5) is 0 Å². The van der Waals surface area contributed by atoms with E-state index < -0.39 is 8.07 Å². The van der Waals surface area contributed by atoms with Crippen LogP contribution in [-0.4, -0.2) is 14.2 Å². The molecule has 0 unspecified atom stereocenters. The number of rotatable bonds is 6. The summed E-state index contributed by atoms with van der Waals surface area (Å²) in [6, 6.07) is 0. The molecular weight excluding hydrogens is 183 g/mol. The van der Waals surface area contributed by atoms with Crippen LogP contribution in [0.15, 0.2) is 0 Å². The third-order valence-corrected chi connectivity index (χ3v) is 4.48. The zero-order valence-electron chi connectivity index (χ0n) is 10.5. The van der Waals surface area contributed by atoms with Crippen LogP contribution in [0, 0.1) is 5.73 Å². The van der Waals surface area contributed by atoms with E-state index in [0.717, 1.165) is 0 Å². The molecule has 14 heavy (non-hydrogen) atoms. The summed E-state index contributed by atoms with van der Waals surface area (Å²) in [5.41, 5.74) is 1.46. The van der Waals surface area contributed by atoms with Gasteiger partial charge in [0, 0.05) is 0 Å². The van der Waals surface area contributed by atoms with Crippen LogP contribution < -0.4 is 18.9 Å². The minimum atomic E-state index is -1.06. The molecule has 0 radical (unpaired) electrons. The summed E-state index contributed by atoms with van der Waals surface area (Å²) >= 11 is 0. The topological polar surface area (TPSA) is 12.5 Å². The molecule has 1 heterocycles. The van der Waals surface area contributed by atoms with Gasteiger partial charge in [0.2, 0.25) is 0 Å². The van der Waals surface area contributed by atoms with Crippen LogP contribution >= 0.6 is 0 Å². The summed E-state index contributed by atoms with van der Waals surface area (Å²) in [5, 5.41) is 0. The first-order chi connectivity index (χ1) is 6.05. The van der Waals surface area contributed by atoms with Crippen molar-refractivity contribution in [3.05, 3.63) is 5.73 Å². The smallest absolute Gasteiger partial charge is 0.569 e. The minimum Gasteiger partial charge on any atom is -0.569 e. The zero-order chi connectivity index (χ0) is 9.90. The van der Waals surface area contributed by atoms with Gasteiger partial charge in [-0.3, -0.25) is 0 Å². The minimum absolute atomic E-state index is 0. The first-order valence-corrected chi connectivity index (χ1v) is 9.09. The fourth-order valence-corrected chi connectivity index (χ4v) is 3.33. The molecule has 78 valence electrons. The first kappa shape index (κ1) is 14.8. The predicted octanol–water partition coefficient (Wildman–Crippen LogP) is 0.769. The Morgan fingerprint density at radius 3 is 2.21 bits per heavy atom. The zero-order valence-corrected chi connectivity index (χ0v) is 11.5. The summed E-state index contributed by atoms with van der Waals surface area (Å²) in [5.74, 6) is 0. The van der Waals surface area contributed by atoms with Gasteiger partial charge in [-0.25, -0.2) is 0 Å². The summed E-state index contributed by atoms with van der Waals surface area (Å²) < 4.78 is 5.64.